The molecule has 1 heterocycles. The van der Waals surface area contributed by atoms with Crippen molar-refractivity contribution < 1.29 is 4.74 Å². The van der Waals surface area contributed by atoms with E-state index in [9.17, 15) is 0 Å². The van der Waals surface area contributed by atoms with Gasteiger partial charge in [-0.15, -0.1) is 0 Å². The number of hydrogen-bond donors (Lipinski definition) is 1. The molecule has 0 radical (unpaired) electrons. The van der Waals surface area contributed by atoms with Crippen molar-refractivity contribution in [2.75, 3.05) is 14.2 Å². The Morgan fingerprint density at radius 1 is 1.00 bits per heavy atom. The van der Waals surface area contributed by atoms with Crippen LogP contribution in [0.5, 0.6) is 5.75 Å². The Balaban J connectivity index is 1.90. The maximum absolute atomic E-state index is 5.20. The number of nitrogens with one attached hydrogen (secondary N) is 1. The first-order valence-corrected chi connectivity index (χ1v) is 7.15. The number of ether oxygens (including phenoxy) is 1. The van der Waals surface area contributed by atoms with Crippen molar-refractivity contribution in [3.63, 3.8) is 0 Å². The summed E-state index contributed by atoms with van der Waals surface area (Å²) in [5, 5.41) is 4.48. The van der Waals surface area contributed by atoms with E-state index in [0.717, 1.165) is 18.8 Å². The zero-order valence-electron chi connectivity index (χ0n) is 12.5. The minimum absolute atomic E-state index is 0.872. The molecule has 0 aliphatic carbocycles. The van der Waals surface area contributed by atoms with E-state index in [1.165, 1.54) is 22.0 Å². The Labute approximate surface area is 125 Å². The molecule has 1 N–H and O–H groups in total. The van der Waals surface area contributed by atoms with Gasteiger partial charge in [-0.2, -0.15) is 0 Å². The van der Waals surface area contributed by atoms with Crippen LogP contribution in [0.3, 0.4) is 0 Å². The van der Waals surface area contributed by atoms with Gasteiger partial charge in [-0.05, 0) is 47.8 Å². The van der Waals surface area contributed by atoms with E-state index in [1.54, 1.807) is 7.11 Å². The largest absolute Gasteiger partial charge is 0.497 e. The lowest BCUT2D eigenvalue weighted by Gasteiger charge is -2.08. The highest BCUT2D eigenvalue weighted by molar-refractivity contribution is 5.81. The van der Waals surface area contributed by atoms with Gasteiger partial charge in [0, 0.05) is 24.8 Å². The van der Waals surface area contributed by atoms with Gasteiger partial charge in [0.15, 0.2) is 0 Å². The lowest BCUT2D eigenvalue weighted by atomic mass is 10.1. The second kappa shape index (κ2) is 6.02. The highest BCUT2D eigenvalue weighted by atomic mass is 16.5. The Bertz CT molecular complexity index is 729. The molecule has 0 unspecified atom stereocenters. The Morgan fingerprint density at radius 3 is 2.48 bits per heavy atom. The molecule has 0 aliphatic rings. The van der Waals surface area contributed by atoms with Crippen molar-refractivity contribution in [1.29, 1.82) is 0 Å². The second-order valence-corrected chi connectivity index (χ2v) is 5.22. The van der Waals surface area contributed by atoms with Crippen LogP contribution in [0.25, 0.3) is 10.9 Å². The Hall–Kier alpha value is -2.26. The van der Waals surface area contributed by atoms with Gasteiger partial charge in [0.2, 0.25) is 0 Å². The number of methoxy groups -OCH3 is 1. The van der Waals surface area contributed by atoms with Crippen LogP contribution in [0.1, 0.15) is 11.1 Å². The third-order valence-electron chi connectivity index (χ3n) is 3.73. The Morgan fingerprint density at radius 2 is 1.76 bits per heavy atom. The number of aromatic nitrogens is 1. The fourth-order valence-corrected chi connectivity index (χ4v) is 2.61. The standard InChI is InChI=1S/C18H20N2O/c1-19-12-15-3-6-16-9-10-20(18(16)11-15)13-14-4-7-17(21-2)8-5-14/h3-11,19H,12-13H2,1-2H3. The van der Waals surface area contributed by atoms with Crippen molar-refractivity contribution in [3.05, 3.63) is 65.9 Å². The number of rotatable bonds is 5. The number of fused-ring (bicyclic) bond motifs is 1. The molecular formula is C18H20N2O. The molecule has 0 atom stereocenters. The van der Waals surface area contributed by atoms with Crippen LogP contribution >= 0.6 is 0 Å². The molecule has 108 valence electrons. The molecule has 0 saturated heterocycles. The molecular weight excluding hydrogens is 260 g/mol. The van der Waals surface area contributed by atoms with Crippen molar-refractivity contribution in [2.45, 2.75) is 13.1 Å². The van der Waals surface area contributed by atoms with E-state index in [2.05, 4.69) is 52.5 Å². The zero-order valence-corrected chi connectivity index (χ0v) is 12.5. The molecule has 0 saturated carbocycles. The normalized spacial score (nSPS) is 11.0. The monoisotopic (exact) mass is 280 g/mol. The van der Waals surface area contributed by atoms with E-state index < -0.39 is 0 Å². The van der Waals surface area contributed by atoms with Crippen LogP contribution in [-0.4, -0.2) is 18.7 Å². The average molecular weight is 280 g/mol. The molecule has 3 nitrogen and oxygen atoms in total. The van der Waals surface area contributed by atoms with E-state index in [0.29, 0.717) is 0 Å². The van der Waals surface area contributed by atoms with E-state index in [4.69, 9.17) is 4.74 Å². The van der Waals surface area contributed by atoms with Gasteiger partial charge >= 0.3 is 0 Å². The van der Waals surface area contributed by atoms with Gasteiger partial charge in [-0.1, -0.05) is 24.3 Å². The predicted molar refractivity (Wildman–Crippen MR) is 86.8 cm³/mol. The van der Waals surface area contributed by atoms with Crippen molar-refractivity contribution in [3.8, 4) is 5.75 Å². The SMILES string of the molecule is CNCc1ccc2ccn(Cc3ccc(OC)cc3)c2c1. The minimum Gasteiger partial charge on any atom is -0.497 e. The van der Waals surface area contributed by atoms with Gasteiger partial charge in [-0.3, -0.25) is 0 Å². The third kappa shape index (κ3) is 2.93. The molecule has 0 bridgehead atoms. The second-order valence-electron chi connectivity index (χ2n) is 5.22. The van der Waals surface area contributed by atoms with Crippen LogP contribution < -0.4 is 10.1 Å². The highest BCUT2D eigenvalue weighted by Crippen LogP contribution is 2.20. The van der Waals surface area contributed by atoms with Crippen molar-refractivity contribution in [2.24, 2.45) is 0 Å². The summed E-state index contributed by atoms with van der Waals surface area (Å²) in [4.78, 5) is 0. The van der Waals surface area contributed by atoms with Crippen LogP contribution in [0, 0.1) is 0 Å². The van der Waals surface area contributed by atoms with Crippen LogP contribution in [0.4, 0.5) is 0 Å². The van der Waals surface area contributed by atoms with E-state index in [-0.39, 0.29) is 0 Å². The first-order valence-electron chi connectivity index (χ1n) is 7.15. The molecule has 2 aromatic carbocycles. The number of nitrogens with zero attached hydrogens (tertiary/aromatic N) is 1. The summed E-state index contributed by atoms with van der Waals surface area (Å²) in [5.74, 6) is 0.896. The third-order valence-corrected chi connectivity index (χ3v) is 3.73. The smallest absolute Gasteiger partial charge is 0.118 e. The maximum Gasteiger partial charge on any atom is 0.118 e. The van der Waals surface area contributed by atoms with Crippen molar-refractivity contribution >= 4 is 10.9 Å². The minimum atomic E-state index is 0.872. The average Bonchev–Trinajstić information content (AvgIpc) is 2.91. The van der Waals surface area contributed by atoms with Gasteiger partial charge in [0.25, 0.3) is 0 Å². The quantitative estimate of drug-likeness (QED) is 0.775. The summed E-state index contributed by atoms with van der Waals surface area (Å²) >= 11 is 0. The summed E-state index contributed by atoms with van der Waals surface area (Å²) < 4.78 is 7.49. The number of benzene rings is 2. The predicted octanol–water partition coefficient (Wildman–Crippen LogP) is 3.42. The summed E-state index contributed by atoms with van der Waals surface area (Å²) in [7, 11) is 3.67. The molecule has 0 spiro atoms. The Kier molecular flexibility index (Phi) is 3.93. The summed E-state index contributed by atoms with van der Waals surface area (Å²) in [6.07, 6.45) is 2.15. The molecule has 21 heavy (non-hydrogen) atoms. The molecule has 0 aliphatic heterocycles. The molecule has 0 amide bonds. The van der Waals surface area contributed by atoms with Crippen LogP contribution in [0.15, 0.2) is 54.7 Å². The number of hydrogen-bond acceptors (Lipinski definition) is 2. The highest BCUT2D eigenvalue weighted by Gasteiger charge is 2.03. The lowest BCUT2D eigenvalue weighted by Crippen LogP contribution is -2.05. The topological polar surface area (TPSA) is 26.2 Å². The molecule has 3 heteroatoms. The first-order chi connectivity index (χ1) is 10.3. The van der Waals surface area contributed by atoms with Crippen LogP contribution in [-0.2, 0) is 13.1 Å². The summed E-state index contributed by atoms with van der Waals surface area (Å²) in [5.41, 5.74) is 3.85. The first kappa shape index (κ1) is 13.7. The van der Waals surface area contributed by atoms with E-state index in [1.807, 2.05) is 19.2 Å². The van der Waals surface area contributed by atoms with Gasteiger partial charge in [0.1, 0.15) is 5.75 Å². The van der Waals surface area contributed by atoms with Crippen LogP contribution in [0.2, 0.25) is 0 Å². The fourth-order valence-electron chi connectivity index (χ4n) is 2.61. The molecule has 0 fully saturated rings. The summed E-state index contributed by atoms with van der Waals surface area (Å²) in [6.45, 7) is 1.76. The fraction of sp³-hybridized carbons (Fsp3) is 0.222. The molecule has 1 aromatic heterocycles. The molecule has 3 aromatic rings. The maximum atomic E-state index is 5.20. The van der Waals surface area contributed by atoms with Gasteiger partial charge in [0.05, 0.1) is 7.11 Å². The summed E-state index contributed by atoms with van der Waals surface area (Å²) in [6, 6.07) is 17.0. The van der Waals surface area contributed by atoms with Gasteiger partial charge in [-0.25, -0.2) is 0 Å². The lowest BCUT2D eigenvalue weighted by molar-refractivity contribution is 0.414. The van der Waals surface area contributed by atoms with Gasteiger partial charge < -0.3 is 14.6 Å². The van der Waals surface area contributed by atoms with E-state index >= 15 is 0 Å². The zero-order chi connectivity index (χ0) is 14.7. The van der Waals surface area contributed by atoms with Crippen molar-refractivity contribution in [1.82, 2.24) is 9.88 Å². The molecule has 3 rings (SSSR count).